The second kappa shape index (κ2) is 5.44. The molecule has 2 aromatic rings. The summed E-state index contributed by atoms with van der Waals surface area (Å²) in [6, 6.07) is -0.118. The zero-order chi connectivity index (χ0) is 15.9. The van der Waals surface area contributed by atoms with Crippen LogP contribution in [0.1, 0.15) is 56.7 Å². The van der Waals surface area contributed by atoms with E-state index < -0.39 is 6.10 Å². The normalized spacial score (nSPS) is 23.3. The van der Waals surface area contributed by atoms with Crippen molar-refractivity contribution in [3.63, 3.8) is 0 Å². The summed E-state index contributed by atoms with van der Waals surface area (Å²) in [5.41, 5.74) is -0.182. The summed E-state index contributed by atoms with van der Waals surface area (Å²) in [6.45, 7) is 8.83. The van der Waals surface area contributed by atoms with Gasteiger partial charge in [0.2, 0.25) is 11.8 Å². The molecule has 1 N–H and O–H groups in total. The topological polar surface area (TPSA) is 101 Å². The van der Waals surface area contributed by atoms with Crippen LogP contribution >= 0.6 is 0 Å². The minimum absolute atomic E-state index is 0.118. The fourth-order valence-electron chi connectivity index (χ4n) is 2.56. The van der Waals surface area contributed by atoms with Crippen molar-refractivity contribution in [2.45, 2.75) is 58.2 Å². The monoisotopic (exact) mass is 307 g/mol. The molecule has 0 radical (unpaired) electrons. The SMILES string of the molecule is Cc1noc([C@H]2C[C@@H](O)CN2Cc2noc(C(C)(C)C)n2)n1. The number of aryl methyl sites for hydroxylation is 1. The van der Waals surface area contributed by atoms with Gasteiger partial charge in [-0.3, -0.25) is 4.90 Å². The van der Waals surface area contributed by atoms with Gasteiger partial charge in [-0.05, 0) is 13.3 Å². The van der Waals surface area contributed by atoms with E-state index in [1.54, 1.807) is 6.92 Å². The number of nitrogens with zero attached hydrogens (tertiary/aromatic N) is 5. The van der Waals surface area contributed by atoms with Gasteiger partial charge in [-0.2, -0.15) is 9.97 Å². The van der Waals surface area contributed by atoms with Gasteiger partial charge in [0.15, 0.2) is 11.6 Å². The zero-order valence-electron chi connectivity index (χ0n) is 13.3. The number of aromatic nitrogens is 4. The molecule has 8 nitrogen and oxygen atoms in total. The number of β-amino-alcohol motifs (C(OH)–C–C–N with tert-alkyl or cyclic N) is 1. The highest BCUT2D eigenvalue weighted by Crippen LogP contribution is 2.32. The maximum atomic E-state index is 9.95. The molecule has 0 saturated carbocycles. The van der Waals surface area contributed by atoms with E-state index in [1.807, 2.05) is 25.7 Å². The van der Waals surface area contributed by atoms with Crippen LogP contribution in [-0.2, 0) is 12.0 Å². The van der Waals surface area contributed by atoms with Crippen LogP contribution in [0.2, 0.25) is 0 Å². The Bertz CT molecular complexity index is 645. The molecule has 3 heterocycles. The highest BCUT2D eigenvalue weighted by Gasteiger charge is 2.36. The second-order valence-electron chi connectivity index (χ2n) is 6.78. The van der Waals surface area contributed by atoms with Crippen molar-refractivity contribution in [3.8, 4) is 0 Å². The van der Waals surface area contributed by atoms with Crippen molar-refractivity contribution in [1.82, 2.24) is 25.2 Å². The van der Waals surface area contributed by atoms with Crippen LogP contribution in [0.25, 0.3) is 0 Å². The molecule has 0 bridgehead atoms. The van der Waals surface area contributed by atoms with Crippen molar-refractivity contribution in [2.24, 2.45) is 0 Å². The first-order valence-electron chi connectivity index (χ1n) is 7.38. The van der Waals surface area contributed by atoms with E-state index in [0.717, 1.165) is 0 Å². The number of aliphatic hydroxyl groups excluding tert-OH is 1. The van der Waals surface area contributed by atoms with Crippen molar-refractivity contribution >= 4 is 0 Å². The average molecular weight is 307 g/mol. The number of aliphatic hydroxyl groups is 1. The molecular weight excluding hydrogens is 286 g/mol. The molecule has 0 aromatic carbocycles. The van der Waals surface area contributed by atoms with Crippen LogP contribution in [0, 0.1) is 6.92 Å². The summed E-state index contributed by atoms with van der Waals surface area (Å²) in [5.74, 6) is 2.31. The van der Waals surface area contributed by atoms with E-state index in [2.05, 4.69) is 20.3 Å². The molecule has 2 atom stereocenters. The number of hydrogen-bond donors (Lipinski definition) is 1. The fraction of sp³-hybridized carbons (Fsp3) is 0.714. The van der Waals surface area contributed by atoms with Crippen LogP contribution < -0.4 is 0 Å². The van der Waals surface area contributed by atoms with Gasteiger partial charge in [0.1, 0.15) is 0 Å². The first kappa shape index (κ1) is 15.1. The standard InChI is InChI=1S/C14H21N5O3/c1-8-15-12(21-17-8)10-5-9(20)6-19(10)7-11-16-13(22-18-11)14(2,3)4/h9-10,20H,5-7H2,1-4H3/t9-,10-/m1/s1. The maximum absolute atomic E-state index is 9.95. The van der Waals surface area contributed by atoms with Crippen LogP contribution in [0.5, 0.6) is 0 Å². The Hall–Kier alpha value is -1.80. The highest BCUT2D eigenvalue weighted by atomic mass is 16.5. The van der Waals surface area contributed by atoms with E-state index in [-0.39, 0.29) is 11.5 Å². The van der Waals surface area contributed by atoms with Crippen molar-refractivity contribution < 1.29 is 14.2 Å². The van der Waals surface area contributed by atoms with Gasteiger partial charge in [-0.25, -0.2) is 0 Å². The molecule has 1 aliphatic heterocycles. The summed E-state index contributed by atoms with van der Waals surface area (Å²) in [7, 11) is 0. The lowest BCUT2D eigenvalue weighted by Gasteiger charge is -2.18. The van der Waals surface area contributed by atoms with Crippen molar-refractivity contribution in [1.29, 1.82) is 0 Å². The van der Waals surface area contributed by atoms with E-state index >= 15 is 0 Å². The molecular formula is C14H21N5O3. The number of rotatable bonds is 3. The number of hydrogen-bond acceptors (Lipinski definition) is 8. The predicted octanol–water partition coefficient (Wildman–Crippen LogP) is 1.37. The van der Waals surface area contributed by atoms with Gasteiger partial charge in [-0.15, -0.1) is 0 Å². The maximum Gasteiger partial charge on any atom is 0.244 e. The molecule has 0 aliphatic carbocycles. The van der Waals surface area contributed by atoms with Crippen LogP contribution in [0.15, 0.2) is 9.05 Å². The Kier molecular flexibility index (Phi) is 3.73. The molecule has 0 amide bonds. The highest BCUT2D eigenvalue weighted by molar-refractivity contribution is 5.02. The first-order valence-corrected chi connectivity index (χ1v) is 7.38. The third-order valence-electron chi connectivity index (χ3n) is 3.66. The minimum atomic E-state index is -0.425. The van der Waals surface area contributed by atoms with Crippen LogP contribution in [0.3, 0.4) is 0 Å². The molecule has 1 saturated heterocycles. The largest absolute Gasteiger partial charge is 0.392 e. The van der Waals surface area contributed by atoms with Crippen LogP contribution in [0.4, 0.5) is 0 Å². The molecule has 3 rings (SSSR count). The lowest BCUT2D eigenvalue weighted by Crippen LogP contribution is -2.25. The molecule has 0 spiro atoms. The summed E-state index contributed by atoms with van der Waals surface area (Å²) >= 11 is 0. The zero-order valence-corrected chi connectivity index (χ0v) is 13.3. The van der Waals surface area contributed by atoms with Crippen molar-refractivity contribution in [2.75, 3.05) is 6.54 Å². The molecule has 22 heavy (non-hydrogen) atoms. The van der Waals surface area contributed by atoms with E-state index in [9.17, 15) is 5.11 Å². The van der Waals surface area contributed by atoms with Gasteiger partial charge in [0, 0.05) is 12.0 Å². The summed E-state index contributed by atoms with van der Waals surface area (Å²) < 4.78 is 10.6. The van der Waals surface area contributed by atoms with Gasteiger partial charge in [-0.1, -0.05) is 31.1 Å². The third kappa shape index (κ3) is 3.02. The molecule has 8 heteroatoms. The predicted molar refractivity (Wildman–Crippen MR) is 75.8 cm³/mol. The fourth-order valence-corrected chi connectivity index (χ4v) is 2.56. The summed E-state index contributed by atoms with van der Waals surface area (Å²) in [6.07, 6.45) is 0.136. The second-order valence-corrected chi connectivity index (χ2v) is 6.78. The first-order chi connectivity index (χ1) is 10.3. The lowest BCUT2D eigenvalue weighted by atomic mass is 9.97. The molecule has 1 aliphatic rings. The average Bonchev–Trinajstić information content (AvgIpc) is 3.09. The lowest BCUT2D eigenvalue weighted by molar-refractivity contribution is 0.166. The molecule has 1 fully saturated rings. The van der Waals surface area contributed by atoms with E-state index in [1.165, 1.54) is 0 Å². The van der Waals surface area contributed by atoms with E-state index in [4.69, 9.17) is 9.05 Å². The van der Waals surface area contributed by atoms with Gasteiger partial charge < -0.3 is 14.2 Å². The third-order valence-corrected chi connectivity index (χ3v) is 3.66. The van der Waals surface area contributed by atoms with Crippen molar-refractivity contribution in [3.05, 3.63) is 23.4 Å². The summed E-state index contributed by atoms with van der Waals surface area (Å²) in [5, 5.41) is 17.8. The van der Waals surface area contributed by atoms with Crippen LogP contribution in [-0.4, -0.2) is 42.9 Å². The Morgan fingerprint density at radius 1 is 1.23 bits per heavy atom. The quantitative estimate of drug-likeness (QED) is 0.907. The van der Waals surface area contributed by atoms with Gasteiger partial charge >= 0.3 is 0 Å². The summed E-state index contributed by atoms with van der Waals surface area (Å²) in [4.78, 5) is 10.7. The Balaban J connectivity index is 1.76. The Morgan fingerprint density at radius 2 is 2.00 bits per heavy atom. The van der Waals surface area contributed by atoms with E-state index in [0.29, 0.717) is 42.9 Å². The molecule has 120 valence electrons. The van der Waals surface area contributed by atoms with Gasteiger partial charge in [0.05, 0.1) is 18.7 Å². The number of likely N-dealkylation sites (tertiary alicyclic amines) is 1. The molecule has 0 unspecified atom stereocenters. The Labute approximate surface area is 128 Å². The van der Waals surface area contributed by atoms with Gasteiger partial charge in [0.25, 0.3) is 0 Å². The Morgan fingerprint density at radius 3 is 2.59 bits per heavy atom. The minimum Gasteiger partial charge on any atom is -0.392 e. The molecule has 2 aromatic heterocycles. The smallest absolute Gasteiger partial charge is 0.244 e.